The van der Waals surface area contributed by atoms with Gasteiger partial charge in [-0.15, -0.1) is 34.8 Å². The summed E-state index contributed by atoms with van der Waals surface area (Å²) >= 11 is 16.4. The fourth-order valence-corrected chi connectivity index (χ4v) is 1.37. The van der Waals surface area contributed by atoms with E-state index >= 15 is 0 Å². The van der Waals surface area contributed by atoms with Gasteiger partial charge in [-0.3, -0.25) is 4.79 Å². The van der Waals surface area contributed by atoms with Crippen LogP contribution in [0.1, 0.15) is 6.42 Å². The minimum Gasteiger partial charge on any atom is -0.340 e. The number of carbonyl (C=O) groups excluding carboxylic acids is 1. The van der Waals surface area contributed by atoms with E-state index in [1.165, 1.54) is 0 Å². The van der Waals surface area contributed by atoms with Crippen LogP contribution >= 0.6 is 34.8 Å². The highest BCUT2D eigenvalue weighted by Gasteiger charge is 2.10. The number of carbonyl (C=O) groups is 1. The van der Waals surface area contributed by atoms with Gasteiger partial charge < -0.3 is 4.90 Å². The lowest BCUT2D eigenvalue weighted by Gasteiger charge is -2.19. The monoisotopic (exact) mass is 231 g/mol. The van der Waals surface area contributed by atoms with Crippen LogP contribution < -0.4 is 0 Å². The van der Waals surface area contributed by atoms with E-state index in [2.05, 4.69) is 0 Å². The highest BCUT2D eigenvalue weighted by molar-refractivity contribution is 6.19. The first-order chi connectivity index (χ1) is 5.76. The number of hydrogen-bond acceptors (Lipinski definition) is 1. The molecule has 0 fully saturated rings. The van der Waals surface area contributed by atoms with E-state index in [-0.39, 0.29) is 5.91 Å². The topological polar surface area (TPSA) is 20.3 Å². The fraction of sp³-hybridized carbons (Fsp3) is 0.857. The fourth-order valence-electron chi connectivity index (χ4n) is 0.804. The molecule has 0 aromatic rings. The molecular formula is C7H12Cl3NO. The Morgan fingerprint density at radius 2 is 1.50 bits per heavy atom. The first-order valence-corrected chi connectivity index (χ1v) is 5.32. The third kappa shape index (κ3) is 5.07. The maximum Gasteiger partial charge on any atom is 0.223 e. The van der Waals surface area contributed by atoms with E-state index in [4.69, 9.17) is 34.8 Å². The van der Waals surface area contributed by atoms with Gasteiger partial charge in [0.05, 0.1) is 0 Å². The second-order valence-corrected chi connectivity index (χ2v) is 3.33. The summed E-state index contributed by atoms with van der Waals surface area (Å²) in [6.07, 6.45) is 0.356. The highest BCUT2D eigenvalue weighted by atomic mass is 35.5. The second-order valence-electron chi connectivity index (χ2n) is 2.20. The molecular weight excluding hydrogens is 220 g/mol. The molecule has 0 saturated heterocycles. The van der Waals surface area contributed by atoms with Crippen molar-refractivity contribution < 1.29 is 4.79 Å². The second kappa shape index (κ2) is 7.96. The van der Waals surface area contributed by atoms with Crippen LogP contribution in [-0.2, 0) is 4.79 Å². The molecule has 0 radical (unpaired) electrons. The summed E-state index contributed by atoms with van der Waals surface area (Å²) in [5.74, 6) is 1.24. The minimum absolute atomic E-state index is 0.0197. The zero-order chi connectivity index (χ0) is 9.40. The van der Waals surface area contributed by atoms with Crippen molar-refractivity contribution in [1.82, 2.24) is 4.90 Å². The van der Waals surface area contributed by atoms with E-state index in [1.54, 1.807) is 4.90 Å². The third-order valence-electron chi connectivity index (χ3n) is 1.37. The van der Waals surface area contributed by atoms with Gasteiger partial charge in [0.25, 0.3) is 0 Å². The van der Waals surface area contributed by atoms with Gasteiger partial charge in [0, 0.05) is 37.2 Å². The summed E-state index contributed by atoms with van der Waals surface area (Å²) in [6.45, 7) is 1.09. The summed E-state index contributed by atoms with van der Waals surface area (Å²) < 4.78 is 0. The Bertz CT molecular complexity index is 126. The molecule has 0 aliphatic carbocycles. The van der Waals surface area contributed by atoms with Crippen molar-refractivity contribution in [2.75, 3.05) is 30.7 Å². The Hall–Kier alpha value is 0.340. The van der Waals surface area contributed by atoms with Gasteiger partial charge in [0.2, 0.25) is 5.91 Å². The average Bonchev–Trinajstić information content (AvgIpc) is 2.04. The number of alkyl halides is 3. The van der Waals surface area contributed by atoms with Crippen molar-refractivity contribution in [2.45, 2.75) is 6.42 Å². The van der Waals surface area contributed by atoms with Crippen LogP contribution in [0.15, 0.2) is 0 Å². The maximum atomic E-state index is 11.2. The standard InChI is InChI=1S/C7H12Cl3NO/c8-2-1-7(12)11(5-3-9)6-4-10/h1-6H2. The van der Waals surface area contributed by atoms with E-state index in [9.17, 15) is 4.79 Å². The molecule has 0 aromatic carbocycles. The predicted octanol–water partition coefficient (Wildman–Crippen LogP) is 1.92. The predicted molar refractivity (Wildman–Crippen MR) is 53.4 cm³/mol. The van der Waals surface area contributed by atoms with Gasteiger partial charge in [0.1, 0.15) is 0 Å². The Kier molecular flexibility index (Phi) is 8.19. The first-order valence-electron chi connectivity index (χ1n) is 3.72. The molecule has 0 atom stereocenters. The molecule has 0 aliphatic heterocycles. The van der Waals surface area contributed by atoms with Crippen LogP contribution in [0.4, 0.5) is 0 Å². The lowest BCUT2D eigenvalue weighted by atomic mass is 10.4. The van der Waals surface area contributed by atoms with Gasteiger partial charge in [-0.1, -0.05) is 0 Å². The van der Waals surface area contributed by atoms with Crippen LogP contribution in [0.25, 0.3) is 0 Å². The lowest BCUT2D eigenvalue weighted by molar-refractivity contribution is -0.130. The van der Waals surface area contributed by atoms with Crippen molar-refractivity contribution in [2.24, 2.45) is 0 Å². The SMILES string of the molecule is O=C(CCCl)N(CCCl)CCCl. The molecule has 0 unspecified atom stereocenters. The van der Waals surface area contributed by atoms with Gasteiger partial charge in [-0.05, 0) is 0 Å². The largest absolute Gasteiger partial charge is 0.340 e. The normalized spacial score (nSPS) is 9.92. The van der Waals surface area contributed by atoms with Crippen molar-refractivity contribution in [3.8, 4) is 0 Å². The van der Waals surface area contributed by atoms with E-state index < -0.39 is 0 Å². The highest BCUT2D eigenvalue weighted by Crippen LogP contribution is 1.97. The zero-order valence-corrected chi connectivity index (χ0v) is 9.00. The molecule has 0 N–H and O–H groups in total. The lowest BCUT2D eigenvalue weighted by Crippen LogP contribution is -2.34. The molecule has 0 aromatic heterocycles. The van der Waals surface area contributed by atoms with Crippen LogP contribution in [0.2, 0.25) is 0 Å². The Morgan fingerprint density at radius 3 is 1.83 bits per heavy atom. The van der Waals surface area contributed by atoms with Gasteiger partial charge in [-0.2, -0.15) is 0 Å². The molecule has 2 nitrogen and oxygen atoms in total. The molecule has 12 heavy (non-hydrogen) atoms. The zero-order valence-electron chi connectivity index (χ0n) is 6.73. The molecule has 72 valence electrons. The molecule has 0 spiro atoms. The maximum absolute atomic E-state index is 11.2. The number of amides is 1. The van der Waals surface area contributed by atoms with Crippen molar-refractivity contribution >= 4 is 40.7 Å². The molecule has 0 aliphatic rings. The van der Waals surface area contributed by atoms with Crippen LogP contribution in [0.5, 0.6) is 0 Å². The molecule has 0 saturated carbocycles. The van der Waals surface area contributed by atoms with Gasteiger partial charge in [0.15, 0.2) is 0 Å². The summed E-state index contributed by atoms with van der Waals surface area (Å²) in [6, 6.07) is 0. The average molecular weight is 233 g/mol. The van der Waals surface area contributed by atoms with E-state index in [1.807, 2.05) is 0 Å². The first kappa shape index (κ1) is 12.3. The summed E-state index contributed by atoms with van der Waals surface area (Å²) in [4.78, 5) is 12.9. The van der Waals surface area contributed by atoms with Gasteiger partial charge in [-0.25, -0.2) is 0 Å². The number of halogens is 3. The van der Waals surface area contributed by atoms with Crippen LogP contribution in [0.3, 0.4) is 0 Å². The van der Waals surface area contributed by atoms with E-state index in [0.717, 1.165) is 0 Å². The molecule has 0 bridgehead atoms. The number of hydrogen-bond donors (Lipinski definition) is 0. The Balaban J connectivity index is 3.81. The van der Waals surface area contributed by atoms with Gasteiger partial charge >= 0.3 is 0 Å². The van der Waals surface area contributed by atoms with Crippen molar-refractivity contribution in [3.05, 3.63) is 0 Å². The minimum atomic E-state index is 0.0197. The molecule has 5 heteroatoms. The van der Waals surface area contributed by atoms with E-state index in [0.29, 0.717) is 37.2 Å². The number of nitrogens with zero attached hydrogens (tertiary/aromatic N) is 1. The molecule has 0 heterocycles. The Morgan fingerprint density at radius 1 is 1.00 bits per heavy atom. The molecule has 0 rings (SSSR count). The summed E-state index contributed by atoms with van der Waals surface area (Å²) in [5.41, 5.74) is 0. The molecule has 1 amide bonds. The Labute approximate surface area is 87.8 Å². The summed E-state index contributed by atoms with van der Waals surface area (Å²) in [5, 5.41) is 0. The van der Waals surface area contributed by atoms with Crippen LogP contribution in [0, 0.1) is 0 Å². The van der Waals surface area contributed by atoms with Crippen LogP contribution in [-0.4, -0.2) is 41.5 Å². The van der Waals surface area contributed by atoms with Crippen molar-refractivity contribution in [1.29, 1.82) is 0 Å². The quantitative estimate of drug-likeness (QED) is 0.641. The third-order valence-corrected chi connectivity index (χ3v) is 1.90. The number of rotatable bonds is 6. The summed E-state index contributed by atoms with van der Waals surface area (Å²) in [7, 11) is 0. The smallest absolute Gasteiger partial charge is 0.223 e. The van der Waals surface area contributed by atoms with Crippen molar-refractivity contribution in [3.63, 3.8) is 0 Å².